The molecule has 0 aromatic heterocycles. The number of rotatable bonds is 4. The molecule has 0 amide bonds. The second kappa shape index (κ2) is 6.21. The number of carbonyl (C=O) groups is 1. The number of nitrogens with two attached hydrogens (primary N) is 1. The first-order chi connectivity index (χ1) is 7.54. The van der Waals surface area contributed by atoms with Crippen LogP contribution in [-0.4, -0.2) is 43.7 Å². The van der Waals surface area contributed by atoms with Crippen LogP contribution in [0.2, 0.25) is 0 Å². The van der Waals surface area contributed by atoms with E-state index in [1.54, 1.807) is 0 Å². The third kappa shape index (κ3) is 3.76. The number of piperidine rings is 1. The zero-order chi connectivity index (χ0) is 12.1. The van der Waals surface area contributed by atoms with Gasteiger partial charge in [0.1, 0.15) is 6.10 Å². The molecular formula is C12H24N2O2. The summed E-state index contributed by atoms with van der Waals surface area (Å²) in [7, 11) is 2.09. The van der Waals surface area contributed by atoms with Crippen LogP contribution in [0.1, 0.15) is 26.7 Å². The van der Waals surface area contributed by atoms with E-state index in [-0.39, 0.29) is 23.9 Å². The van der Waals surface area contributed by atoms with Crippen molar-refractivity contribution in [3.05, 3.63) is 0 Å². The van der Waals surface area contributed by atoms with Gasteiger partial charge < -0.3 is 15.4 Å². The van der Waals surface area contributed by atoms with Crippen molar-refractivity contribution in [1.29, 1.82) is 0 Å². The predicted octanol–water partition coefficient (Wildman–Crippen LogP) is 0.855. The molecule has 1 fully saturated rings. The first-order valence-electron chi connectivity index (χ1n) is 6.13. The summed E-state index contributed by atoms with van der Waals surface area (Å²) in [5.41, 5.74) is 5.59. The Hall–Kier alpha value is -0.610. The van der Waals surface area contributed by atoms with Crippen molar-refractivity contribution < 1.29 is 9.53 Å². The van der Waals surface area contributed by atoms with E-state index in [0.29, 0.717) is 6.54 Å². The van der Waals surface area contributed by atoms with Gasteiger partial charge in [-0.3, -0.25) is 4.79 Å². The van der Waals surface area contributed by atoms with Gasteiger partial charge in [-0.05, 0) is 25.8 Å². The van der Waals surface area contributed by atoms with E-state index in [1.807, 2.05) is 13.8 Å². The Morgan fingerprint density at radius 2 is 2.00 bits per heavy atom. The van der Waals surface area contributed by atoms with E-state index < -0.39 is 0 Å². The molecule has 0 saturated carbocycles. The van der Waals surface area contributed by atoms with Crippen molar-refractivity contribution in [2.24, 2.45) is 17.6 Å². The largest absolute Gasteiger partial charge is 0.462 e. The maximum Gasteiger partial charge on any atom is 0.310 e. The summed E-state index contributed by atoms with van der Waals surface area (Å²) in [6.45, 7) is 6.41. The summed E-state index contributed by atoms with van der Waals surface area (Å²) in [5, 5.41) is 0. The molecule has 1 aliphatic heterocycles. The molecule has 0 spiro atoms. The Balaban J connectivity index is 2.38. The number of likely N-dealkylation sites (tertiary alicyclic amines) is 1. The van der Waals surface area contributed by atoms with Crippen molar-refractivity contribution in [2.75, 3.05) is 26.7 Å². The molecule has 1 atom stereocenters. The maximum atomic E-state index is 11.8. The summed E-state index contributed by atoms with van der Waals surface area (Å²) in [6.07, 6.45) is 1.98. The Morgan fingerprint density at radius 3 is 2.44 bits per heavy atom. The lowest BCUT2D eigenvalue weighted by molar-refractivity contribution is -0.157. The lowest BCUT2D eigenvalue weighted by atomic mass is 9.96. The van der Waals surface area contributed by atoms with Crippen molar-refractivity contribution in [1.82, 2.24) is 4.90 Å². The van der Waals surface area contributed by atoms with Crippen LogP contribution in [0.5, 0.6) is 0 Å². The van der Waals surface area contributed by atoms with Crippen molar-refractivity contribution >= 4 is 5.97 Å². The average molecular weight is 228 g/mol. The van der Waals surface area contributed by atoms with Gasteiger partial charge in [0, 0.05) is 19.6 Å². The predicted molar refractivity (Wildman–Crippen MR) is 64.0 cm³/mol. The molecule has 1 heterocycles. The van der Waals surface area contributed by atoms with E-state index in [0.717, 1.165) is 25.9 Å². The van der Waals surface area contributed by atoms with Crippen LogP contribution in [-0.2, 0) is 9.53 Å². The van der Waals surface area contributed by atoms with Gasteiger partial charge in [-0.2, -0.15) is 0 Å². The quantitative estimate of drug-likeness (QED) is 0.725. The first kappa shape index (κ1) is 13.5. The van der Waals surface area contributed by atoms with E-state index in [1.165, 1.54) is 0 Å². The summed E-state index contributed by atoms with van der Waals surface area (Å²) < 4.78 is 5.51. The van der Waals surface area contributed by atoms with Crippen LogP contribution in [0.25, 0.3) is 0 Å². The topological polar surface area (TPSA) is 55.6 Å². The molecule has 2 N–H and O–H groups in total. The van der Waals surface area contributed by atoms with Crippen LogP contribution in [0.15, 0.2) is 0 Å². The van der Waals surface area contributed by atoms with Crippen molar-refractivity contribution in [3.63, 3.8) is 0 Å². The van der Waals surface area contributed by atoms with Crippen molar-refractivity contribution in [3.8, 4) is 0 Å². The van der Waals surface area contributed by atoms with E-state index in [4.69, 9.17) is 10.5 Å². The van der Waals surface area contributed by atoms with Crippen LogP contribution in [0.3, 0.4) is 0 Å². The Kier molecular flexibility index (Phi) is 5.22. The molecular weight excluding hydrogens is 204 g/mol. The third-order valence-electron chi connectivity index (χ3n) is 3.31. The molecule has 0 radical (unpaired) electrons. The van der Waals surface area contributed by atoms with Gasteiger partial charge in [-0.15, -0.1) is 0 Å². The smallest absolute Gasteiger partial charge is 0.310 e. The van der Waals surface area contributed by atoms with Crippen molar-refractivity contribution in [2.45, 2.75) is 32.8 Å². The third-order valence-corrected chi connectivity index (χ3v) is 3.31. The molecule has 4 heteroatoms. The second-order valence-electron chi connectivity index (χ2n) is 5.03. The minimum absolute atomic E-state index is 0.0940. The van der Waals surface area contributed by atoms with Gasteiger partial charge in [-0.25, -0.2) is 0 Å². The number of nitrogens with zero attached hydrogens (tertiary/aromatic N) is 1. The van der Waals surface area contributed by atoms with Gasteiger partial charge >= 0.3 is 5.97 Å². The van der Waals surface area contributed by atoms with Gasteiger partial charge in [0.25, 0.3) is 0 Å². The fourth-order valence-corrected chi connectivity index (χ4v) is 1.99. The first-order valence-corrected chi connectivity index (χ1v) is 6.13. The number of hydrogen-bond acceptors (Lipinski definition) is 4. The normalized spacial score (nSPS) is 21.1. The second-order valence-corrected chi connectivity index (χ2v) is 5.03. The minimum atomic E-state index is -0.153. The maximum absolute atomic E-state index is 11.8. The van der Waals surface area contributed by atoms with Gasteiger partial charge in [0.05, 0.1) is 5.92 Å². The highest BCUT2D eigenvalue weighted by atomic mass is 16.5. The van der Waals surface area contributed by atoms with Crippen LogP contribution >= 0.6 is 0 Å². The molecule has 1 saturated heterocycles. The van der Waals surface area contributed by atoms with Gasteiger partial charge in [0.2, 0.25) is 0 Å². The highest BCUT2D eigenvalue weighted by molar-refractivity contribution is 5.73. The van der Waals surface area contributed by atoms with Crippen LogP contribution in [0, 0.1) is 11.8 Å². The lowest BCUT2D eigenvalue weighted by Crippen LogP contribution is -2.38. The molecule has 1 rings (SSSR count). The molecule has 94 valence electrons. The Morgan fingerprint density at radius 1 is 1.44 bits per heavy atom. The number of esters is 1. The van der Waals surface area contributed by atoms with E-state index >= 15 is 0 Å². The summed E-state index contributed by atoms with van der Waals surface area (Å²) >= 11 is 0. The fourth-order valence-electron chi connectivity index (χ4n) is 1.99. The van der Waals surface area contributed by atoms with E-state index in [2.05, 4.69) is 11.9 Å². The number of hydrogen-bond donors (Lipinski definition) is 1. The molecule has 0 aromatic carbocycles. The molecule has 0 aliphatic carbocycles. The minimum Gasteiger partial charge on any atom is -0.462 e. The molecule has 0 aromatic rings. The van der Waals surface area contributed by atoms with Gasteiger partial charge in [-0.1, -0.05) is 13.8 Å². The Labute approximate surface area is 98.1 Å². The summed E-state index contributed by atoms with van der Waals surface area (Å²) in [6, 6.07) is 0. The zero-order valence-corrected chi connectivity index (χ0v) is 10.6. The SMILES string of the molecule is CC(C)C(CN)C(=O)OC1CCN(C)CC1. The Bertz CT molecular complexity index is 223. The number of carbonyl (C=O) groups excluding carboxylic acids is 1. The zero-order valence-electron chi connectivity index (χ0n) is 10.6. The average Bonchev–Trinajstić information content (AvgIpc) is 2.22. The standard InChI is InChI=1S/C12H24N2O2/c1-9(2)11(8-13)12(15)16-10-4-6-14(3)7-5-10/h9-11H,4-8,13H2,1-3H3. The van der Waals surface area contributed by atoms with E-state index in [9.17, 15) is 4.79 Å². The molecule has 4 nitrogen and oxygen atoms in total. The molecule has 1 aliphatic rings. The highest BCUT2D eigenvalue weighted by Gasteiger charge is 2.26. The summed E-state index contributed by atoms with van der Waals surface area (Å²) in [4.78, 5) is 14.1. The molecule has 16 heavy (non-hydrogen) atoms. The monoisotopic (exact) mass is 228 g/mol. The van der Waals surface area contributed by atoms with Gasteiger partial charge in [0.15, 0.2) is 0 Å². The molecule has 0 bridgehead atoms. The molecule has 1 unspecified atom stereocenters. The van der Waals surface area contributed by atoms with Crippen LogP contribution < -0.4 is 5.73 Å². The lowest BCUT2D eigenvalue weighted by Gasteiger charge is -2.30. The fraction of sp³-hybridized carbons (Fsp3) is 0.917. The van der Waals surface area contributed by atoms with Crippen LogP contribution in [0.4, 0.5) is 0 Å². The number of ether oxygens (including phenoxy) is 1. The summed E-state index contributed by atoms with van der Waals surface area (Å²) in [5.74, 6) is -0.0181. The highest BCUT2D eigenvalue weighted by Crippen LogP contribution is 2.17.